The van der Waals surface area contributed by atoms with Crippen LogP contribution in [-0.4, -0.2) is 37.0 Å². The third kappa shape index (κ3) is 3.47. The van der Waals surface area contributed by atoms with E-state index in [-0.39, 0.29) is 23.0 Å². The smallest absolute Gasteiger partial charge is 0.313 e. The van der Waals surface area contributed by atoms with Crippen LogP contribution in [0, 0.1) is 11.6 Å². The SMILES string of the molecule is O=C(O)CSc1nnnn1Cc1ccc(F)cc1F. The molecule has 0 atom stereocenters. The van der Waals surface area contributed by atoms with Crippen LogP contribution in [0.2, 0.25) is 0 Å². The summed E-state index contributed by atoms with van der Waals surface area (Å²) in [4.78, 5) is 10.5. The standard InChI is InChI=1S/C10H8F2N4O2S/c11-7-2-1-6(8(12)3-7)4-16-10(13-14-15-16)19-5-9(17)18/h1-3H,4-5H2,(H,17,18). The Morgan fingerprint density at radius 2 is 2.21 bits per heavy atom. The number of aliphatic carboxylic acids is 1. The molecular weight excluding hydrogens is 278 g/mol. The molecular formula is C10H8F2N4O2S. The van der Waals surface area contributed by atoms with Crippen molar-refractivity contribution in [2.24, 2.45) is 0 Å². The fourth-order valence-electron chi connectivity index (χ4n) is 1.34. The van der Waals surface area contributed by atoms with Gasteiger partial charge in [-0.05, 0) is 16.5 Å². The number of carbonyl (C=O) groups is 1. The molecule has 1 heterocycles. The van der Waals surface area contributed by atoms with E-state index in [1.54, 1.807) is 0 Å². The summed E-state index contributed by atoms with van der Waals surface area (Å²) in [5.41, 5.74) is 0.214. The van der Waals surface area contributed by atoms with Crippen molar-refractivity contribution in [2.75, 3.05) is 5.75 Å². The topological polar surface area (TPSA) is 80.9 Å². The highest BCUT2D eigenvalue weighted by atomic mass is 32.2. The van der Waals surface area contributed by atoms with Crippen LogP contribution in [0.5, 0.6) is 0 Å². The summed E-state index contributed by atoms with van der Waals surface area (Å²) in [5, 5.41) is 19.5. The number of carboxylic acid groups (broad SMARTS) is 1. The molecule has 0 saturated carbocycles. The Morgan fingerprint density at radius 3 is 2.89 bits per heavy atom. The second kappa shape index (κ2) is 5.74. The summed E-state index contributed by atoms with van der Waals surface area (Å²) in [7, 11) is 0. The second-order valence-corrected chi connectivity index (χ2v) is 4.48. The number of hydrogen-bond acceptors (Lipinski definition) is 5. The average molecular weight is 286 g/mol. The zero-order chi connectivity index (χ0) is 13.8. The van der Waals surface area contributed by atoms with Crippen LogP contribution in [0.1, 0.15) is 5.56 Å². The highest BCUT2D eigenvalue weighted by Gasteiger charge is 2.12. The van der Waals surface area contributed by atoms with Gasteiger partial charge in [0.25, 0.3) is 0 Å². The summed E-state index contributed by atoms with van der Waals surface area (Å²) in [6, 6.07) is 3.19. The van der Waals surface area contributed by atoms with Crippen LogP contribution < -0.4 is 0 Å². The molecule has 2 rings (SSSR count). The van der Waals surface area contributed by atoms with Crippen LogP contribution in [0.3, 0.4) is 0 Å². The first kappa shape index (κ1) is 13.4. The van der Waals surface area contributed by atoms with Crippen molar-refractivity contribution in [3.05, 3.63) is 35.4 Å². The third-order valence-electron chi connectivity index (χ3n) is 2.16. The van der Waals surface area contributed by atoms with E-state index in [9.17, 15) is 13.6 Å². The van der Waals surface area contributed by atoms with Crippen LogP contribution in [0.4, 0.5) is 8.78 Å². The molecule has 0 bridgehead atoms. The van der Waals surface area contributed by atoms with Crippen LogP contribution in [-0.2, 0) is 11.3 Å². The van der Waals surface area contributed by atoms with Gasteiger partial charge in [0.2, 0.25) is 5.16 Å². The lowest BCUT2D eigenvalue weighted by Crippen LogP contribution is -2.07. The molecule has 0 amide bonds. The van der Waals surface area contributed by atoms with Gasteiger partial charge in [0.15, 0.2) is 0 Å². The molecule has 0 aliphatic heterocycles. The summed E-state index contributed by atoms with van der Waals surface area (Å²) in [5.74, 6) is -2.58. The molecule has 0 aliphatic carbocycles. The minimum Gasteiger partial charge on any atom is -0.481 e. The minimum absolute atomic E-state index is 0.00106. The molecule has 0 radical (unpaired) electrons. The predicted molar refractivity (Wildman–Crippen MR) is 61.6 cm³/mol. The Balaban J connectivity index is 2.14. The average Bonchev–Trinajstić information content (AvgIpc) is 2.77. The first-order valence-electron chi connectivity index (χ1n) is 5.11. The number of carboxylic acids is 1. The van der Waals surface area contributed by atoms with Crippen molar-refractivity contribution in [3.63, 3.8) is 0 Å². The Morgan fingerprint density at radius 1 is 1.42 bits per heavy atom. The number of aromatic nitrogens is 4. The summed E-state index contributed by atoms with van der Waals surface area (Å²) in [6.45, 7) is 0.00106. The van der Waals surface area contributed by atoms with E-state index < -0.39 is 17.6 Å². The molecule has 0 saturated heterocycles. The lowest BCUT2D eigenvalue weighted by Gasteiger charge is -2.05. The Labute approximate surface area is 110 Å². The number of thioether (sulfide) groups is 1. The van der Waals surface area contributed by atoms with E-state index in [2.05, 4.69) is 15.5 Å². The molecule has 0 spiro atoms. The van der Waals surface area contributed by atoms with E-state index in [4.69, 9.17) is 5.11 Å². The van der Waals surface area contributed by atoms with Crippen molar-refractivity contribution < 1.29 is 18.7 Å². The minimum atomic E-state index is -1.01. The number of halogens is 2. The van der Waals surface area contributed by atoms with Crippen molar-refractivity contribution >= 4 is 17.7 Å². The number of benzene rings is 1. The summed E-state index contributed by atoms with van der Waals surface area (Å²) >= 11 is 0.921. The van der Waals surface area contributed by atoms with Crippen LogP contribution >= 0.6 is 11.8 Å². The zero-order valence-corrected chi connectivity index (χ0v) is 10.3. The predicted octanol–water partition coefficient (Wildman–Crippen LogP) is 1.18. The van der Waals surface area contributed by atoms with E-state index in [1.807, 2.05) is 0 Å². The maximum absolute atomic E-state index is 13.5. The molecule has 1 N–H and O–H groups in total. The number of hydrogen-bond donors (Lipinski definition) is 1. The largest absolute Gasteiger partial charge is 0.481 e. The highest BCUT2D eigenvalue weighted by Crippen LogP contribution is 2.16. The Hall–Kier alpha value is -2.03. The molecule has 2 aromatic rings. The molecule has 0 fully saturated rings. The molecule has 100 valence electrons. The summed E-state index contributed by atoms with van der Waals surface area (Å²) in [6.07, 6.45) is 0. The van der Waals surface area contributed by atoms with E-state index in [0.717, 1.165) is 23.9 Å². The summed E-state index contributed by atoms with van der Waals surface area (Å²) < 4.78 is 27.5. The quantitative estimate of drug-likeness (QED) is 0.831. The first-order valence-corrected chi connectivity index (χ1v) is 6.09. The third-order valence-corrected chi connectivity index (χ3v) is 3.10. The highest BCUT2D eigenvalue weighted by molar-refractivity contribution is 7.99. The number of tetrazole rings is 1. The van der Waals surface area contributed by atoms with Crippen molar-refractivity contribution in [1.82, 2.24) is 20.2 Å². The van der Waals surface area contributed by atoms with Crippen molar-refractivity contribution in [3.8, 4) is 0 Å². The number of nitrogens with zero attached hydrogens (tertiary/aromatic N) is 4. The van der Waals surface area contributed by atoms with Gasteiger partial charge in [-0.3, -0.25) is 4.79 Å². The molecule has 0 aliphatic rings. The maximum atomic E-state index is 13.5. The van der Waals surface area contributed by atoms with E-state index >= 15 is 0 Å². The van der Waals surface area contributed by atoms with Crippen molar-refractivity contribution in [2.45, 2.75) is 11.7 Å². The van der Waals surface area contributed by atoms with Gasteiger partial charge >= 0.3 is 5.97 Å². The van der Waals surface area contributed by atoms with Gasteiger partial charge in [-0.1, -0.05) is 17.8 Å². The molecule has 1 aromatic heterocycles. The molecule has 9 heteroatoms. The van der Waals surface area contributed by atoms with E-state index in [1.165, 1.54) is 10.7 Å². The molecule has 0 unspecified atom stereocenters. The van der Waals surface area contributed by atoms with Crippen molar-refractivity contribution in [1.29, 1.82) is 0 Å². The van der Waals surface area contributed by atoms with Crippen LogP contribution in [0.25, 0.3) is 0 Å². The lowest BCUT2D eigenvalue weighted by molar-refractivity contribution is -0.133. The molecule has 1 aromatic carbocycles. The van der Waals surface area contributed by atoms with Gasteiger partial charge in [-0.15, -0.1) is 5.10 Å². The molecule has 19 heavy (non-hydrogen) atoms. The Kier molecular flexibility index (Phi) is 4.05. The fourth-order valence-corrected chi connectivity index (χ4v) is 1.93. The zero-order valence-electron chi connectivity index (χ0n) is 9.45. The van der Waals surface area contributed by atoms with Crippen LogP contribution in [0.15, 0.2) is 23.4 Å². The number of rotatable bonds is 5. The molecule has 6 nitrogen and oxygen atoms in total. The lowest BCUT2D eigenvalue weighted by atomic mass is 10.2. The van der Waals surface area contributed by atoms with Gasteiger partial charge in [0, 0.05) is 11.6 Å². The van der Waals surface area contributed by atoms with Gasteiger partial charge in [0.05, 0.1) is 12.3 Å². The normalized spacial score (nSPS) is 10.6. The van der Waals surface area contributed by atoms with Gasteiger partial charge < -0.3 is 5.11 Å². The van der Waals surface area contributed by atoms with E-state index in [0.29, 0.717) is 0 Å². The Bertz CT molecular complexity index is 605. The van der Waals surface area contributed by atoms with Gasteiger partial charge in [-0.2, -0.15) is 0 Å². The first-order chi connectivity index (χ1) is 9.06. The second-order valence-electron chi connectivity index (χ2n) is 3.54. The fraction of sp³-hybridized carbons (Fsp3) is 0.200. The van der Waals surface area contributed by atoms with Gasteiger partial charge in [0.1, 0.15) is 11.6 Å². The monoisotopic (exact) mass is 286 g/mol. The maximum Gasteiger partial charge on any atom is 0.313 e. The van der Waals surface area contributed by atoms with Gasteiger partial charge in [-0.25, -0.2) is 13.5 Å².